The van der Waals surface area contributed by atoms with Gasteiger partial charge in [-0.15, -0.1) is 0 Å². The van der Waals surface area contributed by atoms with Gasteiger partial charge in [0.15, 0.2) is 0 Å². The average molecular weight is 419 g/mol. The first-order valence-corrected chi connectivity index (χ1v) is 11.2. The Hall–Kier alpha value is -0.820. The van der Waals surface area contributed by atoms with Gasteiger partial charge in [0.05, 0.1) is 5.02 Å². The van der Waals surface area contributed by atoms with Crippen LogP contribution in [-0.2, 0) is 14.8 Å². The Morgan fingerprint density at radius 2 is 1.65 bits per heavy atom. The first-order valence-electron chi connectivity index (χ1n) is 8.97. The molecule has 144 valence electrons. The first kappa shape index (κ1) is 19.9. The van der Waals surface area contributed by atoms with Gasteiger partial charge in [0, 0.05) is 37.1 Å². The van der Waals surface area contributed by atoms with Crippen molar-refractivity contribution in [3.05, 3.63) is 27.2 Å². The van der Waals surface area contributed by atoms with Crippen molar-refractivity contribution < 1.29 is 13.2 Å². The molecule has 1 aliphatic heterocycles. The molecule has 2 fully saturated rings. The molecule has 8 heteroatoms. The van der Waals surface area contributed by atoms with E-state index in [9.17, 15) is 13.2 Å². The van der Waals surface area contributed by atoms with Gasteiger partial charge in [0.2, 0.25) is 15.9 Å². The van der Waals surface area contributed by atoms with Gasteiger partial charge < -0.3 is 4.90 Å². The van der Waals surface area contributed by atoms with E-state index in [0.29, 0.717) is 29.2 Å². The number of sulfonamides is 1. The molecular weight excluding hydrogens is 395 g/mol. The van der Waals surface area contributed by atoms with E-state index in [4.69, 9.17) is 23.2 Å². The van der Waals surface area contributed by atoms with Crippen LogP contribution in [0.4, 0.5) is 0 Å². The lowest BCUT2D eigenvalue weighted by molar-refractivity contribution is -0.136. The lowest BCUT2D eigenvalue weighted by Gasteiger charge is -2.35. The summed E-state index contributed by atoms with van der Waals surface area (Å²) in [6.45, 7) is 4.81. The molecule has 1 saturated heterocycles. The molecule has 5 nitrogen and oxygen atoms in total. The zero-order valence-electron chi connectivity index (χ0n) is 15.1. The lowest BCUT2D eigenvalue weighted by atomic mass is 10.1. The minimum absolute atomic E-state index is 0.0831. The second kappa shape index (κ2) is 7.66. The standard InChI is InChI=1S/C18H24Cl2N2O3S/c1-12-11-15(19)13(2)17(16(12)20)26(24,25)22-9-7-21(8-10-22)18(23)14-5-3-4-6-14/h11,14H,3-10H2,1-2H3. The minimum atomic E-state index is -3.76. The van der Waals surface area contributed by atoms with Crippen LogP contribution in [0.25, 0.3) is 0 Å². The third kappa shape index (κ3) is 3.61. The van der Waals surface area contributed by atoms with Gasteiger partial charge in [-0.1, -0.05) is 36.0 Å². The van der Waals surface area contributed by atoms with Crippen LogP contribution in [0.15, 0.2) is 11.0 Å². The number of halogens is 2. The number of hydrogen-bond acceptors (Lipinski definition) is 3. The lowest BCUT2D eigenvalue weighted by Crippen LogP contribution is -2.51. The summed E-state index contributed by atoms with van der Waals surface area (Å²) in [4.78, 5) is 14.4. The Morgan fingerprint density at radius 3 is 2.23 bits per heavy atom. The van der Waals surface area contributed by atoms with Crippen molar-refractivity contribution in [2.45, 2.75) is 44.4 Å². The number of aryl methyl sites for hydroxylation is 1. The maximum absolute atomic E-state index is 13.1. The van der Waals surface area contributed by atoms with E-state index in [1.807, 2.05) is 0 Å². The molecular formula is C18H24Cl2N2O3S. The Labute approximate surface area is 165 Å². The van der Waals surface area contributed by atoms with Crippen LogP contribution in [0.2, 0.25) is 10.0 Å². The first-order chi connectivity index (χ1) is 12.2. The topological polar surface area (TPSA) is 57.7 Å². The summed E-state index contributed by atoms with van der Waals surface area (Å²) in [5, 5.41) is 0.608. The molecule has 1 amide bonds. The van der Waals surface area contributed by atoms with E-state index in [1.54, 1.807) is 24.8 Å². The van der Waals surface area contributed by atoms with Crippen LogP contribution in [0.1, 0.15) is 36.8 Å². The largest absolute Gasteiger partial charge is 0.340 e. The normalized spacial score (nSPS) is 19.9. The number of nitrogens with zero attached hydrogens (tertiary/aromatic N) is 2. The van der Waals surface area contributed by atoms with E-state index >= 15 is 0 Å². The molecule has 1 saturated carbocycles. The van der Waals surface area contributed by atoms with E-state index in [2.05, 4.69) is 0 Å². The number of carbonyl (C=O) groups is 1. The predicted octanol–water partition coefficient (Wildman–Crippen LogP) is 3.63. The maximum atomic E-state index is 13.1. The smallest absolute Gasteiger partial charge is 0.245 e. The number of amides is 1. The molecule has 1 aromatic carbocycles. The fraction of sp³-hybridized carbons (Fsp3) is 0.611. The van der Waals surface area contributed by atoms with Crippen molar-refractivity contribution in [1.82, 2.24) is 9.21 Å². The average Bonchev–Trinajstić information content (AvgIpc) is 3.14. The summed E-state index contributed by atoms with van der Waals surface area (Å²) >= 11 is 12.5. The zero-order chi connectivity index (χ0) is 19.1. The molecule has 0 aromatic heterocycles. The maximum Gasteiger partial charge on any atom is 0.245 e. The highest BCUT2D eigenvalue weighted by molar-refractivity contribution is 7.89. The Morgan fingerprint density at radius 1 is 1.08 bits per heavy atom. The van der Waals surface area contributed by atoms with E-state index in [-0.39, 0.29) is 34.8 Å². The monoisotopic (exact) mass is 418 g/mol. The van der Waals surface area contributed by atoms with Crippen molar-refractivity contribution in [2.24, 2.45) is 5.92 Å². The summed E-state index contributed by atoms with van der Waals surface area (Å²) in [6.07, 6.45) is 4.12. The molecule has 1 heterocycles. The minimum Gasteiger partial charge on any atom is -0.340 e. The quantitative estimate of drug-likeness (QED) is 0.752. The molecule has 1 aliphatic carbocycles. The molecule has 2 aliphatic rings. The van der Waals surface area contributed by atoms with Gasteiger partial charge >= 0.3 is 0 Å². The third-order valence-electron chi connectivity index (χ3n) is 5.44. The Kier molecular flexibility index (Phi) is 5.87. The number of hydrogen-bond donors (Lipinski definition) is 0. The van der Waals surface area contributed by atoms with Gasteiger partial charge in [-0.3, -0.25) is 4.79 Å². The molecule has 0 unspecified atom stereocenters. The Balaban J connectivity index is 1.78. The van der Waals surface area contributed by atoms with Crippen molar-refractivity contribution in [3.8, 4) is 0 Å². The van der Waals surface area contributed by atoms with Gasteiger partial charge in [0.25, 0.3) is 0 Å². The van der Waals surface area contributed by atoms with Crippen LogP contribution < -0.4 is 0 Å². The molecule has 26 heavy (non-hydrogen) atoms. The highest BCUT2D eigenvalue weighted by atomic mass is 35.5. The Bertz CT molecular complexity index is 786. The number of piperazine rings is 1. The highest BCUT2D eigenvalue weighted by Crippen LogP contribution is 2.35. The molecule has 0 bridgehead atoms. The van der Waals surface area contributed by atoms with Crippen LogP contribution in [0.5, 0.6) is 0 Å². The summed E-state index contributed by atoms with van der Waals surface area (Å²) < 4.78 is 27.7. The molecule has 1 aromatic rings. The SMILES string of the molecule is Cc1cc(Cl)c(C)c(S(=O)(=O)N2CCN(C(=O)C3CCCC3)CC2)c1Cl. The van der Waals surface area contributed by atoms with E-state index < -0.39 is 10.0 Å². The van der Waals surface area contributed by atoms with E-state index in [1.165, 1.54) is 4.31 Å². The van der Waals surface area contributed by atoms with Crippen LogP contribution >= 0.6 is 23.2 Å². The summed E-state index contributed by atoms with van der Waals surface area (Å²) in [6, 6.07) is 1.68. The van der Waals surface area contributed by atoms with Crippen molar-refractivity contribution in [1.29, 1.82) is 0 Å². The fourth-order valence-corrected chi connectivity index (χ4v) is 6.42. The number of benzene rings is 1. The van der Waals surface area contributed by atoms with Crippen molar-refractivity contribution in [2.75, 3.05) is 26.2 Å². The second-order valence-electron chi connectivity index (χ2n) is 7.15. The molecule has 3 rings (SSSR count). The van der Waals surface area contributed by atoms with Crippen molar-refractivity contribution >= 4 is 39.1 Å². The van der Waals surface area contributed by atoms with E-state index in [0.717, 1.165) is 25.7 Å². The van der Waals surface area contributed by atoms with Crippen LogP contribution in [0.3, 0.4) is 0 Å². The van der Waals surface area contributed by atoms with Crippen LogP contribution in [0, 0.1) is 19.8 Å². The van der Waals surface area contributed by atoms with Crippen molar-refractivity contribution in [3.63, 3.8) is 0 Å². The zero-order valence-corrected chi connectivity index (χ0v) is 17.4. The van der Waals surface area contributed by atoms with Gasteiger partial charge in [-0.25, -0.2) is 8.42 Å². The number of carbonyl (C=O) groups excluding carboxylic acids is 1. The molecule has 0 N–H and O–H groups in total. The number of rotatable bonds is 3. The summed E-state index contributed by atoms with van der Waals surface area (Å²) in [5.74, 6) is 0.290. The molecule has 0 atom stereocenters. The third-order valence-corrected chi connectivity index (χ3v) is 8.50. The summed E-state index contributed by atoms with van der Waals surface area (Å²) in [7, 11) is -3.76. The highest BCUT2D eigenvalue weighted by Gasteiger charge is 2.35. The molecule has 0 radical (unpaired) electrons. The predicted molar refractivity (Wildman–Crippen MR) is 103 cm³/mol. The molecule has 0 spiro atoms. The fourth-order valence-electron chi connectivity index (χ4n) is 3.83. The van der Waals surface area contributed by atoms with Gasteiger partial charge in [0.1, 0.15) is 4.90 Å². The summed E-state index contributed by atoms with van der Waals surface area (Å²) in [5.41, 5.74) is 1.10. The van der Waals surface area contributed by atoms with Gasteiger partial charge in [-0.05, 0) is 43.9 Å². The van der Waals surface area contributed by atoms with Crippen LogP contribution in [-0.4, -0.2) is 49.7 Å². The second-order valence-corrected chi connectivity index (χ2v) is 9.81. The van der Waals surface area contributed by atoms with Gasteiger partial charge in [-0.2, -0.15) is 4.31 Å².